The van der Waals surface area contributed by atoms with E-state index in [9.17, 15) is 33.8 Å². The second kappa shape index (κ2) is 44.3. The highest BCUT2D eigenvalue weighted by atomic mass is 31.2. The fourth-order valence-corrected chi connectivity index (χ4v) is 8.00. The molecule has 0 amide bonds. The molecule has 0 bridgehead atoms. The molecule has 0 spiro atoms. The van der Waals surface area contributed by atoms with Gasteiger partial charge in [0.15, 0.2) is 6.10 Å². The average molecular weight is 979 g/mol. The fraction of sp³-hybridized carbons (Fsp3) is 0.800. The van der Waals surface area contributed by atoms with Crippen molar-refractivity contribution >= 4 is 27.6 Å². The van der Waals surface area contributed by atoms with E-state index in [0.717, 1.165) is 31.6 Å². The van der Waals surface area contributed by atoms with Crippen molar-refractivity contribution < 1.29 is 66.7 Å². The van der Waals surface area contributed by atoms with Gasteiger partial charge in [0.25, 0.3) is 0 Å². The van der Waals surface area contributed by atoms with E-state index in [-0.39, 0.29) is 12.8 Å². The van der Waals surface area contributed by atoms with Crippen LogP contribution in [0.15, 0.2) is 48.6 Å². The normalized spacial score (nSPS) is 14.8. The van der Waals surface area contributed by atoms with Crippen LogP contribution in [0.25, 0.3) is 0 Å². The first-order valence-electron chi connectivity index (χ1n) is 25.3. The zero-order chi connectivity index (χ0) is 49.0. The zero-order valence-electron chi connectivity index (χ0n) is 41.1. The number of phosphoric acid groups is 2. The molecular formula is C50H92O14P2. The molecule has 0 aliphatic rings. The molecule has 0 aliphatic carbocycles. The van der Waals surface area contributed by atoms with Crippen LogP contribution in [0.5, 0.6) is 0 Å². The second-order valence-electron chi connectivity index (χ2n) is 17.8. The Morgan fingerprint density at radius 2 is 1.06 bits per heavy atom. The Kier molecular flexibility index (Phi) is 42.9. The van der Waals surface area contributed by atoms with E-state index in [4.69, 9.17) is 23.8 Å². The summed E-state index contributed by atoms with van der Waals surface area (Å²) in [6.45, 7) is 3.96. The van der Waals surface area contributed by atoms with E-state index in [2.05, 4.69) is 35.9 Å². The molecule has 386 valence electrons. The monoisotopic (exact) mass is 979 g/mol. The number of allylic oxidation sites excluding steroid dienone is 6. The Morgan fingerprint density at radius 1 is 0.545 bits per heavy atom. The van der Waals surface area contributed by atoms with Gasteiger partial charge in [0, 0.05) is 12.8 Å². The quantitative estimate of drug-likeness (QED) is 0.0126. The Morgan fingerprint density at radius 3 is 1.64 bits per heavy atom. The molecule has 4 atom stereocenters. The number of unbranched alkanes of at least 4 members (excludes halogenated alkanes) is 21. The van der Waals surface area contributed by atoms with E-state index in [0.29, 0.717) is 32.1 Å². The number of aliphatic hydroxyl groups excluding tert-OH is 2. The van der Waals surface area contributed by atoms with Gasteiger partial charge in [0.2, 0.25) is 0 Å². The fourth-order valence-electron chi connectivity index (χ4n) is 6.85. The maximum absolute atomic E-state index is 12.7. The van der Waals surface area contributed by atoms with Crippen LogP contribution in [-0.4, -0.2) is 81.6 Å². The minimum Gasteiger partial charge on any atom is -0.462 e. The molecule has 0 aromatic rings. The van der Waals surface area contributed by atoms with Crippen molar-refractivity contribution in [3.05, 3.63) is 48.6 Å². The van der Waals surface area contributed by atoms with Gasteiger partial charge in [0.05, 0.1) is 25.9 Å². The molecule has 66 heavy (non-hydrogen) atoms. The molecular weight excluding hydrogens is 886 g/mol. The zero-order valence-corrected chi connectivity index (χ0v) is 42.9. The predicted molar refractivity (Wildman–Crippen MR) is 264 cm³/mol. The minimum atomic E-state index is -4.88. The number of aliphatic hydroxyl groups is 2. The highest BCUT2D eigenvalue weighted by molar-refractivity contribution is 7.47. The summed E-state index contributed by atoms with van der Waals surface area (Å²) in [7, 11) is -9.72. The van der Waals surface area contributed by atoms with Gasteiger partial charge in [0.1, 0.15) is 12.7 Å². The van der Waals surface area contributed by atoms with Crippen LogP contribution in [0.3, 0.4) is 0 Å². The summed E-state index contributed by atoms with van der Waals surface area (Å²) in [6.07, 6.45) is 42.8. The number of ether oxygens (including phenoxy) is 2. The van der Waals surface area contributed by atoms with Crippen LogP contribution < -0.4 is 0 Å². The van der Waals surface area contributed by atoms with Crippen LogP contribution in [0, 0.1) is 5.92 Å². The Labute approximate surface area is 399 Å². The number of hydrogen-bond acceptors (Lipinski definition) is 11. The molecule has 0 saturated heterocycles. The third kappa shape index (κ3) is 48.5. The first kappa shape index (κ1) is 64.0. The summed E-state index contributed by atoms with van der Waals surface area (Å²) in [4.78, 5) is 52.9. The topological polar surface area (TPSA) is 216 Å². The highest BCUT2D eigenvalue weighted by Crippen LogP contribution is 2.44. The standard InChI is InChI=1S/C50H92O14P2/c1-4-5-6-7-27-32-37-46(51)38-33-28-23-20-21-25-30-35-40-50(54)64-48(44-63-66(58,59)62-42-47(52)41-61-65(55,56)57)43-60-49(53)39-34-29-24-19-17-15-13-11-9-8-10-12-14-16-18-22-26-31-36-45(2)3/h21,23,25,27-28,32-33,38,45-48,51-52H,4-20,22,24,26,29-31,34-37,39-44H2,1-3H3,(H,58,59)(H2,55,56,57)/b25-21-,28-23-,32-27-,38-33+/t46-,47-,48+/m0/s1. The van der Waals surface area contributed by atoms with Crippen molar-refractivity contribution in [3.63, 3.8) is 0 Å². The van der Waals surface area contributed by atoms with Gasteiger partial charge in [-0.1, -0.05) is 198 Å². The van der Waals surface area contributed by atoms with Crippen molar-refractivity contribution in [2.75, 3.05) is 26.4 Å². The van der Waals surface area contributed by atoms with Crippen molar-refractivity contribution in [2.45, 2.75) is 225 Å². The molecule has 1 unspecified atom stereocenters. The van der Waals surface area contributed by atoms with Crippen LogP contribution in [0.1, 0.15) is 207 Å². The van der Waals surface area contributed by atoms with E-state index in [1.54, 1.807) is 6.08 Å². The van der Waals surface area contributed by atoms with Gasteiger partial charge in [-0.05, 0) is 50.9 Å². The molecule has 0 saturated carbocycles. The molecule has 0 rings (SSSR count). The van der Waals surface area contributed by atoms with Crippen molar-refractivity contribution in [1.29, 1.82) is 0 Å². The summed E-state index contributed by atoms with van der Waals surface area (Å²) in [5.74, 6) is -0.300. The highest BCUT2D eigenvalue weighted by Gasteiger charge is 2.28. The minimum absolute atomic E-state index is 0.0242. The maximum atomic E-state index is 12.7. The predicted octanol–water partition coefficient (Wildman–Crippen LogP) is 12.6. The lowest BCUT2D eigenvalue weighted by Crippen LogP contribution is -2.29. The molecule has 5 N–H and O–H groups in total. The lowest BCUT2D eigenvalue weighted by atomic mass is 10.0. The first-order valence-corrected chi connectivity index (χ1v) is 28.3. The number of phosphoric ester groups is 2. The van der Waals surface area contributed by atoms with E-state index >= 15 is 0 Å². The van der Waals surface area contributed by atoms with Crippen molar-refractivity contribution in [1.82, 2.24) is 0 Å². The lowest BCUT2D eigenvalue weighted by Gasteiger charge is -2.20. The first-order chi connectivity index (χ1) is 31.6. The number of carbonyl (C=O) groups excluding carboxylic acids is 2. The van der Waals surface area contributed by atoms with Crippen LogP contribution >= 0.6 is 15.6 Å². The van der Waals surface area contributed by atoms with Gasteiger partial charge in [-0.15, -0.1) is 0 Å². The molecule has 0 heterocycles. The van der Waals surface area contributed by atoms with Crippen molar-refractivity contribution in [3.8, 4) is 0 Å². The van der Waals surface area contributed by atoms with Crippen LogP contribution in [0.4, 0.5) is 0 Å². The van der Waals surface area contributed by atoms with E-state index in [1.165, 1.54) is 116 Å². The summed E-state index contributed by atoms with van der Waals surface area (Å²) in [5, 5.41) is 19.8. The van der Waals surface area contributed by atoms with Crippen LogP contribution in [0.2, 0.25) is 0 Å². The Hall–Kier alpha value is -1.96. The number of rotatable bonds is 47. The summed E-state index contributed by atoms with van der Waals surface area (Å²) in [5.41, 5.74) is 0. The van der Waals surface area contributed by atoms with Crippen LogP contribution in [-0.2, 0) is 41.8 Å². The van der Waals surface area contributed by atoms with Crippen molar-refractivity contribution in [2.24, 2.45) is 5.92 Å². The smallest absolute Gasteiger partial charge is 0.462 e. The Bertz CT molecular complexity index is 1380. The third-order valence-corrected chi connectivity index (χ3v) is 12.2. The number of carbonyl (C=O) groups is 2. The van der Waals surface area contributed by atoms with Gasteiger partial charge >= 0.3 is 27.6 Å². The Balaban J connectivity index is 4.51. The molecule has 16 heteroatoms. The van der Waals surface area contributed by atoms with Gasteiger partial charge in [-0.2, -0.15) is 0 Å². The van der Waals surface area contributed by atoms with Gasteiger partial charge < -0.3 is 34.4 Å². The summed E-state index contributed by atoms with van der Waals surface area (Å²) >= 11 is 0. The van der Waals surface area contributed by atoms with E-state index < -0.39 is 72.3 Å². The number of hydrogen-bond donors (Lipinski definition) is 5. The number of esters is 2. The molecule has 0 fully saturated rings. The third-order valence-electron chi connectivity index (χ3n) is 10.7. The molecule has 0 aliphatic heterocycles. The largest absolute Gasteiger partial charge is 0.472 e. The molecule has 0 aromatic heterocycles. The molecule has 0 aromatic carbocycles. The van der Waals surface area contributed by atoms with Gasteiger partial charge in [-0.3, -0.25) is 23.2 Å². The summed E-state index contributed by atoms with van der Waals surface area (Å²) < 4.78 is 47.8. The average Bonchev–Trinajstić information content (AvgIpc) is 3.26. The molecule has 0 radical (unpaired) electrons. The lowest BCUT2D eigenvalue weighted by molar-refractivity contribution is -0.161. The summed E-state index contributed by atoms with van der Waals surface area (Å²) in [6, 6.07) is 0. The second-order valence-corrected chi connectivity index (χ2v) is 20.5. The van der Waals surface area contributed by atoms with Gasteiger partial charge in [-0.25, -0.2) is 9.13 Å². The molecule has 14 nitrogen and oxygen atoms in total. The maximum Gasteiger partial charge on any atom is 0.472 e. The van der Waals surface area contributed by atoms with E-state index in [1.807, 2.05) is 36.5 Å². The SMILES string of the molecule is CCCCC/C=C\C[C@H](O)/C=C/C=C\C/C=C\CCCC(=O)O[C@H](COC(=O)CCCCCCCCCCCCCCCCCCCCC(C)C)COP(=O)(O)OC[C@@H](O)COP(=O)(O)O.